The van der Waals surface area contributed by atoms with Crippen molar-refractivity contribution in [2.24, 2.45) is 11.3 Å². The summed E-state index contributed by atoms with van der Waals surface area (Å²) < 4.78 is 22.4. The van der Waals surface area contributed by atoms with Crippen LogP contribution in [-0.2, 0) is 19.0 Å². The molecule has 1 amide bonds. The Bertz CT molecular complexity index is 1310. The molecule has 2 aliphatic carbocycles. The maximum atomic E-state index is 12.3. The fraction of sp³-hybridized carbons (Fsp3) is 0.514. The summed E-state index contributed by atoms with van der Waals surface area (Å²) >= 11 is 1.22. The van der Waals surface area contributed by atoms with Crippen LogP contribution < -0.4 is 9.44 Å². The zero-order chi connectivity index (χ0) is 32.3. The van der Waals surface area contributed by atoms with Gasteiger partial charge in [-0.2, -0.15) is 0 Å². The van der Waals surface area contributed by atoms with E-state index in [4.69, 9.17) is 20.8 Å². The van der Waals surface area contributed by atoms with Crippen LogP contribution >= 0.6 is 12.1 Å². The van der Waals surface area contributed by atoms with Crippen LogP contribution in [-0.4, -0.2) is 44.0 Å². The van der Waals surface area contributed by atoms with E-state index in [1.165, 1.54) is 47.1 Å². The first kappa shape index (κ1) is 34.8. The van der Waals surface area contributed by atoms with Crippen molar-refractivity contribution in [3.8, 4) is 0 Å². The molecule has 2 aromatic rings. The molecule has 3 unspecified atom stereocenters. The summed E-state index contributed by atoms with van der Waals surface area (Å²) in [5, 5.41) is 0. The minimum atomic E-state index is -0.551. The number of nitrogens with one attached hydrogen (secondary N) is 2. The molecule has 1 fully saturated rings. The maximum Gasteiger partial charge on any atom is 0.418 e. The number of fused-ring (bicyclic) bond motifs is 1. The Morgan fingerprint density at radius 2 is 1.64 bits per heavy atom. The maximum absolute atomic E-state index is 12.3. The summed E-state index contributed by atoms with van der Waals surface area (Å²) in [5.74, 6) is 0.135. The second kappa shape index (κ2) is 16.5. The number of hydrogen-bond donors (Lipinski definition) is 2. The van der Waals surface area contributed by atoms with E-state index in [0.717, 1.165) is 51.4 Å². The molecule has 2 aliphatic rings. The molecule has 244 valence electrons. The van der Waals surface area contributed by atoms with E-state index < -0.39 is 11.7 Å². The van der Waals surface area contributed by atoms with E-state index in [2.05, 4.69) is 70.1 Å². The molecule has 0 bridgehead atoms. The van der Waals surface area contributed by atoms with Crippen LogP contribution in [0.5, 0.6) is 0 Å². The first-order chi connectivity index (χ1) is 21.7. The smallest absolute Gasteiger partial charge is 0.418 e. The SMILES string of the molecule is C=C(c1ccccc1)C12CCC(NSNC(=O)OC(C)(C)C)C1CC(CCCCOCCCCC(=O)OC)=C2c1ccccc1. The molecule has 0 heterocycles. The summed E-state index contributed by atoms with van der Waals surface area (Å²) in [7, 11) is 1.42. The number of methoxy groups -OCH3 is 1. The number of esters is 1. The molecule has 8 heteroatoms. The van der Waals surface area contributed by atoms with Gasteiger partial charge in [0.15, 0.2) is 0 Å². The Morgan fingerprint density at radius 3 is 2.31 bits per heavy atom. The molecule has 3 atom stereocenters. The summed E-state index contributed by atoms with van der Waals surface area (Å²) in [4.78, 5) is 23.6. The third-order valence-electron chi connectivity index (χ3n) is 8.87. The Kier molecular flexibility index (Phi) is 12.7. The highest BCUT2D eigenvalue weighted by atomic mass is 32.2. The Morgan fingerprint density at radius 1 is 0.978 bits per heavy atom. The lowest BCUT2D eigenvalue weighted by molar-refractivity contribution is -0.140. The third-order valence-corrected chi connectivity index (χ3v) is 9.55. The molecule has 0 spiro atoms. The number of ether oxygens (including phenoxy) is 3. The van der Waals surface area contributed by atoms with Gasteiger partial charge in [-0.05, 0) is 100 Å². The van der Waals surface area contributed by atoms with Crippen molar-refractivity contribution in [3.63, 3.8) is 0 Å². The number of allylic oxidation sites excluding steroid dienone is 3. The van der Waals surface area contributed by atoms with E-state index in [9.17, 15) is 9.59 Å². The Hall–Kier alpha value is -3.07. The van der Waals surface area contributed by atoms with Crippen molar-refractivity contribution in [2.75, 3.05) is 20.3 Å². The van der Waals surface area contributed by atoms with Crippen LogP contribution in [0.3, 0.4) is 0 Å². The predicted molar refractivity (Wildman–Crippen MR) is 183 cm³/mol. The highest BCUT2D eigenvalue weighted by molar-refractivity contribution is 7.96. The van der Waals surface area contributed by atoms with Gasteiger partial charge < -0.3 is 14.2 Å². The van der Waals surface area contributed by atoms with E-state index >= 15 is 0 Å². The number of carbonyl (C=O) groups excluding carboxylic acids is 2. The molecule has 45 heavy (non-hydrogen) atoms. The fourth-order valence-corrected chi connectivity index (χ4v) is 7.56. The fourth-order valence-electron chi connectivity index (χ4n) is 6.95. The second-order valence-electron chi connectivity index (χ2n) is 13.0. The molecule has 2 aromatic carbocycles. The molecule has 4 rings (SSSR count). The van der Waals surface area contributed by atoms with Gasteiger partial charge in [0.05, 0.1) is 7.11 Å². The van der Waals surface area contributed by atoms with Crippen molar-refractivity contribution in [3.05, 3.63) is 83.9 Å². The van der Waals surface area contributed by atoms with E-state index in [1.807, 2.05) is 20.8 Å². The lowest BCUT2D eigenvalue weighted by Crippen LogP contribution is -2.37. The standard InChI is InChI=1S/C37H50N2O5S/c1-27(28-16-8-6-9-17-28)37-23-22-32(38-45-39-35(41)44-36(2,3)4)31(37)26-30(34(37)29-18-10-7-11-19-29)20-12-14-24-43-25-15-13-21-33(40)42-5/h6-11,16-19,31-32,38H,1,12-15,20-26H2,2-5H3,(H,39,41). The van der Waals surface area contributed by atoms with Crippen LogP contribution in [0.4, 0.5) is 4.79 Å². The molecule has 0 aliphatic heterocycles. The van der Waals surface area contributed by atoms with Gasteiger partial charge in [-0.25, -0.2) is 9.52 Å². The largest absolute Gasteiger partial charge is 0.469 e. The number of hydrogen-bond acceptors (Lipinski definition) is 7. The van der Waals surface area contributed by atoms with Gasteiger partial charge in [0.25, 0.3) is 0 Å². The quantitative estimate of drug-likeness (QED) is 0.109. The number of benzene rings is 2. The van der Waals surface area contributed by atoms with Crippen molar-refractivity contribution in [2.45, 2.75) is 90.2 Å². The van der Waals surface area contributed by atoms with Gasteiger partial charge in [0.1, 0.15) is 5.60 Å². The molecular weight excluding hydrogens is 584 g/mol. The van der Waals surface area contributed by atoms with Crippen molar-refractivity contribution in [1.29, 1.82) is 0 Å². The first-order valence-electron chi connectivity index (χ1n) is 16.2. The topological polar surface area (TPSA) is 85.9 Å². The van der Waals surface area contributed by atoms with Gasteiger partial charge in [-0.3, -0.25) is 9.52 Å². The van der Waals surface area contributed by atoms with Crippen molar-refractivity contribution >= 4 is 35.3 Å². The van der Waals surface area contributed by atoms with Crippen LogP contribution in [0.15, 0.2) is 72.8 Å². The molecule has 7 nitrogen and oxygen atoms in total. The lowest BCUT2D eigenvalue weighted by Gasteiger charge is -2.37. The molecular formula is C37H50N2O5S. The number of rotatable bonds is 16. The summed E-state index contributed by atoms with van der Waals surface area (Å²) in [6, 6.07) is 21.6. The van der Waals surface area contributed by atoms with Crippen LogP contribution in [0.1, 0.15) is 89.7 Å². The molecule has 1 saturated carbocycles. The second-order valence-corrected chi connectivity index (χ2v) is 13.7. The summed E-state index contributed by atoms with van der Waals surface area (Å²) in [6.07, 6.45) is 7.62. The summed E-state index contributed by atoms with van der Waals surface area (Å²) in [6.45, 7) is 11.8. The highest BCUT2D eigenvalue weighted by Gasteiger charge is 2.57. The van der Waals surface area contributed by atoms with Gasteiger partial charge in [-0.1, -0.05) is 72.8 Å². The number of unbranched alkanes of at least 4 members (excludes halogenated alkanes) is 2. The number of carbonyl (C=O) groups is 2. The van der Waals surface area contributed by atoms with Gasteiger partial charge >= 0.3 is 12.1 Å². The molecule has 2 N–H and O–H groups in total. The van der Waals surface area contributed by atoms with E-state index in [0.29, 0.717) is 25.6 Å². The van der Waals surface area contributed by atoms with Crippen molar-refractivity contribution < 1.29 is 23.8 Å². The minimum absolute atomic E-state index is 0.165. The van der Waals surface area contributed by atoms with Gasteiger partial charge in [0.2, 0.25) is 0 Å². The average molecular weight is 635 g/mol. The third kappa shape index (κ3) is 9.24. The first-order valence-corrected chi connectivity index (χ1v) is 17.0. The van der Waals surface area contributed by atoms with Crippen LogP contribution in [0, 0.1) is 11.3 Å². The lowest BCUT2D eigenvalue weighted by atomic mass is 9.66. The zero-order valence-electron chi connectivity index (χ0n) is 27.4. The monoisotopic (exact) mass is 634 g/mol. The predicted octanol–water partition coefficient (Wildman–Crippen LogP) is 8.53. The zero-order valence-corrected chi connectivity index (χ0v) is 28.2. The average Bonchev–Trinajstić information content (AvgIpc) is 3.54. The minimum Gasteiger partial charge on any atom is -0.469 e. The van der Waals surface area contributed by atoms with E-state index in [-0.39, 0.29) is 17.4 Å². The Labute approximate surface area is 273 Å². The number of amides is 1. The Balaban J connectivity index is 1.49. The van der Waals surface area contributed by atoms with Gasteiger partial charge in [-0.15, -0.1) is 0 Å². The molecule has 0 saturated heterocycles. The van der Waals surface area contributed by atoms with Crippen molar-refractivity contribution in [1.82, 2.24) is 9.44 Å². The summed E-state index contributed by atoms with van der Waals surface area (Å²) in [5.41, 5.74) is 5.79. The van der Waals surface area contributed by atoms with Gasteiger partial charge in [0, 0.05) is 43.2 Å². The van der Waals surface area contributed by atoms with Crippen LogP contribution in [0.25, 0.3) is 11.1 Å². The molecule has 0 radical (unpaired) electrons. The van der Waals surface area contributed by atoms with E-state index in [1.54, 1.807) is 0 Å². The normalized spacial score (nSPS) is 21.0. The highest BCUT2D eigenvalue weighted by Crippen LogP contribution is 2.66. The molecule has 0 aromatic heterocycles. The van der Waals surface area contributed by atoms with Crippen LogP contribution in [0.2, 0.25) is 0 Å².